The van der Waals surface area contributed by atoms with Crippen LogP contribution in [-0.2, 0) is 9.59 Å². The maximum Gasteiger partial charge on any atom is 0.255 e. The molecule has 0 bridgehead atoms. The number of anilines is 3. The van der Waals surface area contributed by atoms with Crippen LogP contribution in [0, 0.1) is 6.92 Å². The molecule has 0 aliphatic carbocycles. The van der Waals surface area contributed by atoms with Crippen molar-refractivity contribution in [1.29, 1.82) is 0 Å². The van der Waals surface area contributed by atoms with Crippen LogP contribution in [0.3, 0.4) is 0 Å². The summed E-state index contributed by atoms with van der Waals surface area (Å²) >= 11 is 7.46. The molecule has 9 heteroatoms. The summed E-state index contributed by atoms with van der Waals surface area (Å²) in [6.07, 6.45) is 0. The number of carbonyl (C=O) groups is 2. The van der Waals surface area contributed by atoms with E-state index in [2.05, 4.69) is 16.0 Å². The Morgan fingerprint density at radius 3 is 2.34 bits per heavy atom. The Morgan fingerprint density at radius 2 is 1.68 bits per heavy atom. The lowest BCUT2D eigenvalue weighted by Gasteiger charge is -2.26. The number of nitrogens with one attached hydrogen (secondary N) is 3. The number of rotatable bonds is 7. The molecule has 0 spiro atoms. The zero-order valence-corrected chi connectivity index (χ0v) is 23.3. The topological polar surface area (TPSA) is 85.8 Å². The van der Waals surface area contributed by atoms with Crippen molar-refractivity contribution in [2.45, 2.75) is 19.9 Å². The number of benzene rings is 3. The van der Waals surface area contributed by atoms with Crippen LogP contribution in [0.2, 0.25) is 5.02 Å². The van der Waals surface area contributed by atoms with Crippen molar-refractivity contribution < 1.29 is 9.59 Å². The van der Waals surface area contributed by atoms with Crippen LogP contribution >= 0.6 is 23.4 Å². The molecular weight excluding hydrogens is 518 g/mol. The molecule has 0 unspecified atom stereocenters. The Morgan fingerprint density at radius 1 is 0.974 bits per heavy atom. The Hall–Kier alpha value is -3.75. The Kier molecular flexibility index (Phi) is 8.76. The molecule has 0 aromatic heterocycles. The summed E-state index contributed by atoms with van der Waals surface area (Å²) in [7, 11) is 3.95. The number of amidine groups is 1. The predicted octanol–water partition coefficient (Wildman–Crippen LogP) is 6.00. The van der Waals surface area contributed by atoms with Crippen LogP contribution in [-0.4, -0.2) is 36.8 Å². The molecule has 3 aromatic rings. The molecule has 7 nitrogen and oxygen atoms in total. The van der Waals surface area contributed by atoms with E-state index in [9.17, 15) is 9.59 Å². The standard InChI is InChI=1S/C29H30ClN5O2S/c1-18-10-13-22(16-24(18)30)32-25(36)17-38-29-31-19(2)26(28(37)33-21-8-6-5-7-9-21)27(34-29)20-11-14-23(15-12-20)35(3)4/h5-16,27H,17H2,1-4H3,(H,31,34)(H,32,36)(H,33,37)/t27-/m1/s1. The minimum atomic E-state index is -0.530. The van der Waals surface area contributed by atoms with Gasteiger partial charge in [0.2, 0.25) is 5.91 Å². The Labute approximate surface area is 232 Å². The minimum absolute atomic E-state index is 0.141. The highest BCUT2D eigenvalue weighted by atomic mass is 35.5. The third-order valence-electron chi connectivity index (χ3n) is 6.02. The third-order valence-corrected chi connectivity index (χ3v) is 7.31. The maximum atomic E-state index is 13.4. The molecule has 38 heavy (non-hydrogen) atoms. The number of para-hydroxylation sites is 1. The number of hydrogen-bond acceptors (Lipinski definition) is 6. The molecule has 0 radical (unpaired) electrons. The molecule has 0 fully saturated rings. The van der Waals surface area contributed by atoms with Gasteiger partial charge in [0, 0.05) is 41.9 Å². The van der Waals surface area contributed by atoms with Gasteiger partial charge in [0.05, 0.1) is 11.3 Å². The van der Waals surface area contributed by atoms with Crippen molar-refractivity contribution in [2.75, 3.05) is 35.4 Å². The van der Waals surface area contributed by atoms with E-state index >= 15 is 0 Å². The van der Waals surface area contributed by atoms with Gasteiger partial charge in [-0.1, -0.05) is 59.8 Å². The van der Waals surface area contributed by atoms with Gasteiger partial charge < -0.3 is 20.9 Å². The first-order valence-electron chi connectivity index (χ1n) is 12.1. The number of aryl methyl sites for hydroxylation is 1. The number of carbonyl (C=O) groups excluding carboxylic acids is 2. The molecule has 0 saturated carbocycles. The fourth-order valence-electron chi connectivity index (χ4n) is 3.93. The van der Waals surface area contributed by atoms with Gasteiger partial charge in [-0.05, 0) is 61.4 Å². The van der Waals surface area contributed by atoms with Crippen LogP contribution < -0.4 is 20.9 Å². The molecule has 0 saturated heterocycles. The third kappa shape index (κ3) is 6.76. The number of thioether (sulfide) groups is 1. The highest BCUT2D eigenvalue weighted by Gasteiger charge is 2.30. The average molecular weight is 548 g/mol. The fourth-order valence-corrected chi connectivity index (χ4v) is 4.86. The summed E-state index contributed by atoms with van der Waals surface area (Å²) in [6, 6.07) is 22.2. The van der Waals surface area contributed by atoms with Crippen LogP contribution in [0.5, 0.6) is 0 Å². The van der Waals surface area contributed by atoms with E-state index in [1.54, 1.807) is 6.07 Å². The first-order valence-corrected chi connectivity index (χ1v) is 13.5. The summed E-state index contributed by atoms with van der Waals surface area (Å²) in [6.45, 7) is 3.76. The number of nitrogens with zero attached hydrogens (tertiary/aromatic N) is 2. The molecule has 4 rings (SSSR count). The number of allylic oxidation sites excluding steroid dienone is 1. The summed E-state index contributed by atoms with van der Waals surface area (Å²) < 4.78 is 0. The SMILES string of the molecule is CC1=C(C(=O)Nc2ccccc2)[C@@H](c2ccc(N(C)C)cc2)N=C(SCC(=O)Nc2ccc(C)c(Cl)c2)N1. The smallest absolute Gasteiger partial charge is 0.255 e. The second kappa shape index (κ2) is 12.2. The van der Waals surface area contributed by atoms with Crippen molar-refractivity contribution in [1.82, 2.24) is 5.32 Å². The van der Waals surface area contributed by atoms with E-state index in [0.717, 1.165) is 16.8 Å². The van der Waals surface area contributed by atoms with Gasteiger partial charge in [-0.15, -0.1) is 0 Å². The fraction of sp³-hybridized carbons (Fsp3) is 0.207. The molecule has 1 aliphatic heterocycles. The summed E-state index contributed by atoms with van der Waals surface area (Å²) in [5, 5.41) is 10.2. The van der Waals surface area contributed by atoms with E-state index < -0.39 is 6.04 Å². The van der Waals surface area contributed by atoms with Gasteiger partial charge in [-0.25, -0.2) is 4.99 Å². The number of halogens is 1. The first-order chi connectivity index (χ1) is 18.2. The molecule has 2 amide bonds. The predicted molar refractivity (Wildman–Crippen MR) is 159 cm³/mol. The second-order valence-electron chi connectivity index (χ2n) is 9.11. The first kappa shape index (κ1) is 27.3. The Balaban J connectivity index is 1.54. The largest absolute Gasteiger partial charge is 0.378 e. The highest BCUT2D eigenvalue weighted by Crippen LogP contribution is 2.34. The van der Waals surface area contributed by atoms with Gasteiger partial charge >= 0.3 is 0 Å². The molecule has 196 valence electrons. The molecule has 1 aliphatic rings. The molecule has 3 N–H and O–H groups in total. The van der Waals surface area contributed by atoms with Crippen LogP contribution in [0.15, 0.2) is 89.1 Å². The summed E-state index contributed by atoms with van der Waals surface area (Å²) in [5.74, 6) is -0.271. The van der Waals surface area contributed by atoms with Crippen molar-refractivity contribution in [3.63, 3.8) is 0 Å². The number of amides is 2. The van der Waals surface area contributed by atoms with E-state index in [0.29, 0.717) is 32.8 Å². The van der Waals surface area contributed by atoms with Gasteiger partial charge in [-0.3, -0.25) is 9.59 Å². The van der Waals surface area contributed by atoms with E-state index in [1.807, 2.05) is 99.6 Å². The molecule has 1 heterocycles. The van der Waals surface area contributed by atoms with E-state index in [4.69, 9.17) is 16.6 Å². The van der Waals surface area contributed by atoms with Crippen LogP contribution in [0.25, 0.3) is 0 Å². The monoisotopic (exact) mass is 547 g/mol. The lowest BCUT2D eigenvalue weighted by molar-refractivity contribution is -0.114. The van der Waals surface area contributed by atoms with Crippen molar-refractivity contribution >= 4 is 57.4 Å². The van der Waals surface area contributed by atoms with Crippen molar-refractivity contribution in [3.8, 4) is 0 Å². The summed E-state index contributed by atoms with van der Waals surface area (Å²) in [4.78, 5) is 32.9. The highest BCUT2D eigenvalue weighted by molar-refractivity contribution is 8.14. The lowest BCUT2D eigenvalue weighted by atomic mass is 9.95. The normalized spacial score (nSPS) is 14.9. The molecule has 1 atom stereocenters. The van der Waals surface area contributed by atoms with Crippen molar-refractivity contribution in [3.05, 3.63) is 100 Å². The van der Waals surface area contributed by atoms with E-state index in [-0.39, 0.29) is 17.6 Å². The maximum absolute atomic E-state index is 13.4. The second-order valence-corrected chi connectivity index (χ2v) is 10.5. The molecule has 3 aromatic carbocycles. The zero-order valence-electron chi connectivity index (χ0n) is 21.7. The summed E-state index contributed by atoms with van der Waals surface area (Å²) in [5.41, 5.74) is 5.42. The van der Waals surface area contributed by atoms with Crippen LogP contribution in [0.1, 0.15) is 24.1 Å². The quantitative estimate of drug-likeness (QED) is 0.338. The number of hydrogen-bond donors (Lipinski definition) is 3. The van der Waals surface area contributed by atoms with Gasteiger partial charge in [-0.2, -0.15) is 0 Å². The lowest BCUT2D eigenvalue weighted by Crippen LogP contribution is -2.32. The van der Waals surface area contributed by atoms with Crippen molar-refractivity contribution in [2.24, 2.45) is 4.99 Å². The average Bonchev–Trinajstić information content (AvgIpc) is 2.90. The Bertz CT molecular complexity index is 1390. The zero-order chi connectivity index (χ0) is 27.2. The number of aliphatic imine (C=N–C) groups is 1. The minimum Gasteiger partial charge on any atom is -0.378 e. The van der Waals surface area contributed by atoms with Gasteiger partial charge in [0.1, 0.15) is 6.04 Å². The van der Waals surface area contributed by atoms with E-state index in [1.165, 1.54) is 11.8 Å². The molecular formula is C29H30ClN5O2S. The van der Waals surface area contributed by atoms with Gasteiger partial charge in [0.15, 0.2) is 5.17 Å². The van der Waals surface area contributed by atoms with Crippen LogP contribution in [0.4, 0.5) is 17.1 Å². The van der Waals surface area contributed by atoms with Gasteiger partial charge in [0.25, 0.3) is 5.91 Å².